The Hall–Kier alpha value is -6.36. The molecule has 3 aliphatic rings. The fraction of sp³-hybridized carbons (Fsp3) is 0.319. The van der Waals surface area contributed by atoms with Crippen molar-refractivity contribution < 1.29 is 33.4 Å². The Morgan fingerprint density at radius 3 is 1.90 bits per heavy atom. The van der Waals surface area contributed by atoms with Crippen LogP contribution in [0.4, 0.5) is 0 Å². The van der Waals surface area contributed by atoms with E-state index in [0.717, 1.165) is 39.2 Å². The predicted octanol–water partition coefficient (Wildman–Crippen LogP) is 7.34. The standard InChI is InChI=1S/C36H44N2O5.C6H7NO.C5H5NO/c1-11-35(7,8)26(6)41-19-18-38-24(4)30-16-14-28(22-32(30)33(38)39)43-27-13-15-29-23(3)37(25(5)31(29)21-27)17-20-42-34(40)36(9,10)12-2;1-5-3-4-6(8)7(5)2;1-4-2-3-5(7)6-4/h13-16,21-22H,3-6,11-12,17-20H2,1-2,7-10H3;3-4H,1H2,2H3;2-3H,1H2,(H,6,7). The summed E-state index contributed by atoms with van der Waals surface area (Å²) in [6.07, 6.45) is 7.91. The smallest absolute Gasteiger partial charge is 0.311 e. The van der Waals surface area contributed by atoms with E-state index in [2.05, 4.69) is 65.6 Å². The minimum atomic E-state index is -0.516. The van der Waals surface area contributed by atoms with Crippen molar-refractivity contribution in [3.05, 3.63) is 126 Å². The number of esters is 1. The normalized spacial score (nSPS) is 14.6. The lowest BCUT2D eigenvalue weighted by atomic mass is 9.88. The van der Waals surface area contributed by atoms with Crippen LogP contribution in [-0.4, -0.2) is 64.9 Å². The van der Waals surface area contributed by atoms with E-state index in [-0.39, 0.29) is 35.7 Å². The minimum absolute atomic E-state index is 0.00926. The van der Waals surface area contributed by atoms with Crippen LogP contribution in [0.2, 0.25) is 0 Å². The van der Waals surface area contributed by atoms with Crippen LogP contribution >= 0.6 is 0 Å². The van der Waals surface area contributed by atoms with Gasteiger partial charge in [0.1, 0.15) is 24.7 Å². The molecule has 3 aromatic rings. The van der Waals surface area contributed by atoms with E-state index in [9.17, 15) is 19.2 Å². The van der Waals surface area contributed by atoms with Gasteiger partial charge in [-0.05, 0) is 75.2 Å². The number of hydrogen-bond donors (Lipinski definition) is 1. The number of nitrogens with zero attached hydrogens (tertiary/aromatic N) is 3. The molecule has 3 aliphatic heterocycles. The van der Waals surface area contributed by atoms with Gasteiger partial charge in [-0.3, -0.25) is 19.2 Å². The lowest BCUT2D eigenvalue weighted by Gasteiger charge is -2.26. The fourth-order valence-electron chi connectivity index (χ4n) is 5.77. The van der Waals surface area contributed by atoms with Gasteiger partial charge in [0.25, 0.3) is 11.8 Å². The molecule has 0 aliphatic carbocycles. The Morgan fingerprint density at radius 1 is 0.741 bits per heavy atom. The molecule has 3 amide bonds. The molecule has 1 aromatic heterocycles. The first-order chi connectivity index (χ1) is 27.2. The summed E-state index contributed by atoms with van der Waals surface area (Å²) in [5, 5.41) is 5.87. The Bertz CT molecular complexity index is 2310. The van der Waals surface area contributed by atoms with E-state index in [1.54, 1.807) is 30.2 Å². The molecule has 0 saturated carbocycles. The van der Waals surface area contributed by atoms with Gasteiger partial charge in [0.15, 0.2) is 0 Å². The third-order valence-electron chi connectivity index (χ3n) is 10.7. The van der Waals surface area contributed by atoms with Gasteiger partial charge >= 0.3 is 5.97 Å². The molecule has 1 N–H and O–H groups in total. The number of hydrogen-bond acceptors (Lipinski definition) is 7. The zero-order valence-electron chi connectivity index (χ0n) is 35.0. The highest BCUT2D eigenvalue weighted by Gasteiger charge is 2.32. The summed E-state index contributed by atoms with van der Waals surface area (Å²) in [5.74, 6) is 1.45. The lowest BCUT2D eigenvalue weighted by molar-refractivity contribution is -0.154. The molecule has 0 spiro atoms. The van der Waals surface area contributed by atoms with Crippen LogP contribution in [-0.2, 0) is 30.4 Å². The number of rotatable bonds is 13. The monoisotopic (exact) mass is 788 g/mol. The molecular formula is C47H56N4O7. The summed E-state index contributed by atoms with van der Waals surface area (Å²) in [5.41, 5.74) is 2.75. The number of nitrogens with one attached hydrogen (secondary N) is 1. The van der Waals surface area contributed by atoms with Gasteiger partial charge < -0.3 is 33.9 Å². The molecule has 0 atom stereocenters. The molecular weight excluding hydrogens is 733 g/mol. The number of allylic oxidation sites excluding steroid dienone is 3. The summed E-state index contributed by atoms with van der Waals surface area (Å²) in [6, 6.07) is 11.2. The van der Waals surface area contributed by atoms with Gasteiger partial charge in [-0.25, -0.2) is 0 Å². The minimum Gasteiger partial charge on any atom is -0.496 e. The molecule has 0 radical (unpaired) electrons. The SMILES string of the molecule is C=C1C=CC(=O)N1.C=C1C=CC(=O)N1C.C=C1c2ccc(Oc3ccc4c(=C)n(CCOC(=O)C(C)(C)CC)c(=C)c4c3)cc2C(=O)N1CCOC(=C)C(C)(C)CC. The molecule has 58 heavy (non-hydrogen) atoms. The average molecular weight is 789 g/mol. The second-order valence-electron chi connectivity index (χ2n) is 15.4. The van der Waals surface area contributed by atoms with Gasteiger partial charge in [0, 0.05) is 68.7 Å². The Labute approximate surface area is 341 Å². The number of likely N-dealkylation sites (N-methyl/N-ethyl adjacent to an activating group) is 1. The third kappa shape index (κ3) is 10.1. The van der Waals surface area contributed by atoms with Crippen LogP contribution in [0.25, 0.3) is 29.6 Å². The maximum atomic E-state index is 13.3. The van der Waals surface area contributed by atoms with E-state index >= 15 is 0 Å². The second kappa shape index (κ2) is 18.3. The van der Waals surface area contributed by atoms with Crippen LogP contribution in [0.1, 0.15) is 70.3 Å². The van der Waals surface area contributed by atoms with Gasteiger partial charge in [0.05, 0.1) is 29.8 Å². The fourth-order valence-corrected chi connectivity index (χ4v) is 5.77. The van der Waals surface area contributed by atoms with Crippen LogP contribution in [0.15, 0.2) is 104 Å². The van der Waals surface area contributed by atoms with Gasteiger partial charge in [-0.2, -0.15) is 0 Å². The summed E-state index contributed by atoms with van der Waals surface area (Å²) < 4.78 is 19.6. The highest BCUT2D eigenvalue weighted by molar-refractivity contribution is 6.09. The Kier molecular flexibility index (Phi) is 14.0. The van der Waals surface area contributed by atoms with Crippen LogP contribution < -0.4 is 20.8 Å². The summed E-state index contributed by atoms with van der Waals surface area (Å²) in [4.78, 5) is 49.6. The third-order valence-corrected chi connectivity index (χ3v) is 10.7. The van der Waals surface area contributed by atoms with Crippen LogP contribution in [0.3, 0.4) is 0 Å². The van der Waals surface area contributed by atoms with Crippen molar-refractivity contribution in [2.75, 3.05) is 26.8 Å². The molecule has 0 fully saturated rings. The zero-order chi connectivity index (χ0) is 43.1. The van der Waals surface area contributed by atoms with Crippen LogP contribution in [0, 0.1) is 10.8 Å². The molecule has 11 heteroatoms. The van der Waals surface area contributed by atoms with E-state index in [4.69, 9.17) is 14.2 Å². The predicted molar refractivity (Wildman–Crippen MR) is 230 cm³/mol. The first-order valence-electron chi connectivity index (χ1n) is 19.2. The largest absolute Gasteiger partial charge is 0.496 e. The highest BCUT2D eigenvalue weighted by atomic mass is 16.5. The topological polar surface area (TPSA) is 119 Å². The number of fused-ring (bicyclic) bond motifs is 2. The highest BCUT2D eigenvalue weighted by Crippen LogP contribution is 2.36. The number of amides is 3. The number of ether oxygens (including phenoxy) is 3. The number of carbonyl (C=O) groups is 4. The average Bonchev–Trinajstić information content (AvgIpc) is 3.87. The molecule has 2 aromatic carbocycles. The van der Waals surface area contributed by atoms with Crippen molar-refractivity contribution in [3.63, 3.8) is 0 Å². The van der Waals surface area contributed by atoms with Crippen molar-refractivity contribution in [1.82, 2.24) is 19.7 Å². The maximum Gasteiger partial charge on any atom is 0.311 e. The van der Waals surface area contributed by atoms with E-state index in [0.29, 0.717) is 60.3 Å². The maximum absolute atomic E-state index is 13.3. The quantitative estimate of drug-likeness (QED) is 0.142. The molecule has 0 bridgehead atoms. The summed E-state index contributed by atoms with van der Waals surface area (Å²) >= 11 is 0. The molecule has 6 rings (SSSR count). The molecule has 0 saturated heterocycles. The Balaban J connectivity index is 0.000000410. The molecule has 0 unspecified atom stereocenters. The lowest BCUT2D eigenvalue weighted by Crippen LogP contribution is -2.31. The molecule has 11 nitrogen and oxygen atoms in total. The van der Waals surface area contributed by atoms with Crippen molar-refractivity contribution >= 4 is 53.3 Å². The zero-order valence-corrected chi connectivity index (χ0v) is 35.0. The Morgan fingerprint density at radius 2 is 1.36 bits per heavy atom. The second-order valence-corrected chi connectivity index (χ2v) is 15.4. The van der Waals surface area contributed by atoms with Crippen molar-refractivity contribution in [2.45, 2.75) is 60.9 Å². The molecule has 4 heterocycles. The van der Waals surface area contributed by atoms with E-state index in [1.165, 1.54) is 17.1 Å². The summed E-state index contributed by atoms with van der Waals surface area (Å²) in [6.45, 7) is 37.2. The van der Waals surface area contributed by atoms with Crippen molar-refractivity contribution in [2.24, 2.45) is 10.8 Å². The van der Waals surface area contributed by atoms with Gasteiger partial charge in [-0.1, -0.05) is 67.2 Å². The van der Waals surface area contributed by atoms with E-state index in [1.807, 2.05) is 55.7 Å². The van der Waals surface area contributed by atoms with E-state index < -0.39 is 5.41 Å². The van der Waals surface area contributed by atoms with Gasteiger partial charge in [-0.15, -0.1) is 0 Å². The van der Waals surface area contributed by atoms with Crippen molar-refractivity contribution in [1.29, 1.82) is 0 Å². The number of carbonyl (C=O) groups excluding carboxylic acids is 4. The number of aromatic nitrogens is 1. The van der Waals surface area contributed by atoms with Crippen molar-refractivity contribution in [3.8, 4) is 11.5 Å². The first-order valence-corrected chi connectivity index (χ1v) is 19.2. The molecule has 306 valence electrons. The first kappa shape index (κ1) is 44.4. The van der Waals surface area contributed by atoms with Crippen LogP contribution in [0.5, 0.6) is 11.5 Å². The number of benzene rings is 2. The summed E-state index contributed by atoms with van der Waals surface area (Å²) in [7, 11) is 1.70. The van der Waals surface area contributed by atoms with Gasteiger partial charge in [0.2, 0.25) is 5.91 Å².